The first-order valence-electron chi connectivity index (χ1n) is 7.52. The van der Waals surface area contributed by atoms with Crippen molar-refractivity contribution in [2.75, 3.05) is 27.2 Å². The Labute approximate surface area is 134 Å². The van der Waals surface area contributed by atoms with Crippen LogP contribution in [0, 0.1) is 0 Å². The van der Waals surface area contributed by atoms with Crippen LogP contribution in [0.5, 0.6) is 0 Å². The van der Waals surface area contributed by atoms with Crippen molar-refractivity contribution in [2.45, 2.75) is 13.0 Å². The maximum atomic E-state index is 5.90. The molecule has 3 aromatic rings. The van der Waals surface area contributed by atoms with E-state index in [0.717, 1.165) is 48.1 Å². The first kappa shape index (κ1) is 15.2. The van der Waals surface area contributed by atoms with Gasteiger partial charge in [0, 0.05) is 0 Å². The fourth-order valence-electron chi connectivity index (χ4n) is 2.30. The van der Waals surface area contributed by atoms with Crippen LogP contribution in [0.2, 0.25) is 0 Å². The minimum absolute atomic E-state index is 0.762. The molecule has 0 aliphatic carbocycles. The Balaban J connectivity index is 1.59. The molecule has 1 aromatic carbocycles. The van der Waals surface area contributed by atoms with E-state index in [1.807, 2.05) is 30.3 Å². The van der Waals surface area contributed by atoms with E-state index in [1.165, 1.54) is 4.70 Å². The Bertz CT molecular complexity index is 699. The topological polar surface area (TPSA) is 41.3 Å². The van der Waals surface area contributed by atoms with E-state index in [1.54, 1.807) is 11.3 Å². The fourth-order valence-corrected chi connectivity index (χ4v) is 3.22. The molecule has 0 atom stereocenters. The highest BCUT2D eigenvalue weighted by Gasteiger charge is 2.10. The summed E-state index contributed by atoms with van der Waals surface area (Å²) in [6, 6.07) is 12.2. The van der Waals surface area contributed by atoms with Crippen molar-refractivity contribution in [1.82, 2.24) is 15.2 Å². The van der Waals surface area contributed by atoms with Gasteiger partial charge < -0.3 is 14.6 Å². The van der Waals surface area contributed by atoms with Crippen LogP contribution in [0.25, 0.3) is 21.0 Å². The van der Waals surface area contributed by atoms with Crippen molar-refractivity contribution >= 4 is 21.6 Å². The fraction of sp³-hybridized carbons (Fsp3) is 0.353. The quantitative estimate of drug-likeness (QED) is 0.676. The number of rotatable bonds is 7. The molecule has 0 saturated heterocycles. The van der Waals surface area contributed by atoms with E-state index >= 15 is 0 Å². The molecule has 0 unspecified atom stereocenters. The lowest BCUT2D eigenvalue weighted by molar-refractivity contribution is 0.391. The molecular weight excluding hydrogens is 294 g/mol. The largest absolute Gasteiger partial charge is 0.457 e. The molecule has 0 aliphatic heterocycles. The van der Waals surface area contributed by atoms with Gasteiger partial charge in [-0.15, -0.1) is 11.3 Å². The van der Waals surface area contributed by atoms with Crippen LogP contribution in [-0.4, -0.2) is 37.1 Å². The van der Waals surface area contributed by atoms with Gasteiger partial charge >= 0.3 is 0 Å². The maximum Gasteiger partial charge on any atom is 0.163 e. The minimum Gasteiger partial charge on any atom is -0.457 e. The number of furan rings is 1. The molecule has 3 rings (SSSR count). The first-order chi connectivity index (χ1) is 10.7. The van der Waals surface area contributed by atoms with Crippen molar-refractivity contribution in [2.24, 2.45) is 0 Å². The summed E-state index contributed by atoms with van der Waals surface area (Å²) >= 11 is 1.67. The second-order valence-corrected chi connectivity index (χ2v) is 6.62. The van der Waals surface area contributed by atoms with Crippen LogP contribution in [0.1, 0.15) is 12.2 Å². The number of hydrogen-bond donors (Lipinski definition) is 1. The summed E-state index contributed by atoms with van der Waals surface area (Å²) < 4.78 is 7.09. The van der Waals surface area contributed by atoms with Gasteiger partial charge in [-0.25, -0.2) is 4.98 Å². The van der Waals surface area contributed by atoms with Gasteiger partial charge in [0.25, 0.3) is 0 Å². The van der Waals surface area contributed by atoms with Crippen molar-refractivity contribution in [1.29, 1.82) is 0 Å². The van der Waals surface area contributed by atoms with Gasteiger partial charge in [0.1, 0.15) is 5.76 Å². The molecule has 0 bridgehead atoms. The normalized spacial score (nSPS) is 11.6. The van der Waals surface area contributed by atoms with Gasteiger partial charge in [-0.05, 0) is 57.9 Å². The lowest BCUT2D eigenvalue weighted by atomic mass is 10.3. The summed E-state index contributed by atoms with van der Waals surface area (Å²) in [6.07, 6.45) is 1.14. The third kappa shape index (κ3) is 3.74. The van der Waals surface area contributed by atoms with Gasteiger partial charge in [0.05, 0.1) is 16.8 Å². The molecule has 22 heavy (non-hydrogen) atoms. The highest BCUT2D eigenvalue weighted by atomic mass is 32.1. The Morgan fingerprint density at radius 2 is 2.05 bits per heavy atom. The Hall–Kier alpha value is -1.69. The molecule has 4 nitrogen and oxygen atoms in total. The number of hydrogen-bond acceptors (Lipinski definition) is 5. The number of aromatic nitrogens is 1. The number of fused-ring (bicyclic) bond motifs is 1. The zero-order valence-electron chi connectivity index (χ0n) is 13.0. The zero-order valence-corrected chi connectivity index (χ0v) is 13.8. The summed E-state index contributed by atoms with van der Waals surface area (Å²) in [7, 11) is 4.19. The number of thiazole rings is 1. The predicted molar refractivity (Wildman–Crippen MR) is 92.2 cm³/mol. The van der Waals surface area contributed by atoms with E-state index in [2.05, 4.69) is 35.4 Å². The van der Waals surface area contributed by atoms with Crippen LogP contribution >= 0.6 is 11.3 Å². The molecule has 5 heteroatoms. The molecule has 0 aliphatic rings. The lowest BCUT2D eigenvalue weighted by Crippen LogP contribution is -2.20. The molecule has 0 amide bonds. The molecule has 116 valence electrons. The van der Waals surface area contributed by atoms with Crippen molar-refractivity contribution in [3.05, 3.63) is 42.2 Å². The smallest absolute Gasteiger partial charge is 0.163 e. The minimum atomic E-state index is 0.762. The summed E-state index contributed by atoms with van der Waals surface area (Å²) in [6.45, 7) is 2.86. The lowest BCUT2D eigenvalue weighted by Gasteiger charge is -2.08. The first-order valence-corrected chi connectivity index (χ1v) is 8.34. The number of nitrogens with one attached hydrogen (secondary N) is 1. The SMILES string of the molecule is CN(C)CCCNCc1ccc(-c2nc3ccccc3s2)o1. The summed E-state index contributed by atoms with van der Waals surface area (Å²) in [5.74, 6) is 1.81. The summed E-state index contributed by atoms with van der Waals surface area (Å²) in [5, 5.41) is 4.36. The molecular formula is C17H21N3OS. The monoisotopic (exact) mass is 315 g/mol. The zero-order chi connectivity index (χ0) is 15.4. The number of benzene rings is 1. The van der Waals surface area contributed by atoms with Gasteiger partial charge in [0.2, 0.25) is 0 Å². The Morgan fingerprint density at radius 1 is 1.18 bits per heavy atom. The van der Waals surface area contributed by atoms with Crippen LogP contribution in [0.3, 0.4) is 0 Å². The molecule has 2 heterocycles. The molecule has 0 spiro atoms. The summed E-state index contributed by atoms with van der Waals surface area (Å²) in [5.41, 5.74) is 1.03. The van der Waals surface area contributed by atoms with E-state index in [4.69, 9.17) is 4.42 Å². The highest BCUT2D eigenvalue weighted by molar-refractivity contribution is 7.21. The van der Waals surface area contributed by atoms with Crippen LogP contribution in [-0.2, 0) is 6.54 Å². The standard InChI is InChI=1S/C17H21N3OS/c1-20(2)11-5-10-18-12-13-8-9-15(21-13)17-19-14-6-3-4-7-16(14)22-17/h3-4,6-9,18H,5,10-12H2,1-2H3. The van der Waals surface area contributed by atoms with Gasteiger partial charge in [-0.2, -0.15) is 0 Å². The van der Waals surface area contributed by atoms with Gasteiger partial charge in [-0.1, -0.05) is 12.1 Å². The average molecular weight is 315 g/mol. The van der Waals surface area contributed by atoms with Crippen LogP contribution in [0.15, 0.2) is 40.8 Å². The van der Waals surface area contributed by atoms with E-state index in [0.29, 0.717) is 0 Å². The van der Waals surface area contributed by atoms with Crippen molar-refractivity contribution in [3.8, 4) is 10.8 Å². The third-order valence-corrected chi connectivity index (χ3v) is 4.48. The van der Waals surface area contributed by atoms with E-state index in [9.17, 15) is 0 Å². The average Bonchev–Trinajstić information content (AvgIpc) is 3.12. The van der Waals surface area contributed by atoms with Crippen molar-refractivity contribution in [3.63, 3.8) is 0 Å². The molecule has 0 fully saturated rings. The second-order valence-electron chi connectivity index (χ2n) is 5.59. The molecule has 2 aromatic heterocycles. The Kier molecular flexibility index (Phi) is 4.87. The van der Waals surface area contributed by atoms with Crippen molar-refractivity contribution < 1.29 is 4.42 Å². The van der Waals surface area contributed by atoms with Crippen LogP contribution in [0.4, 0.5) is 0 Å². The van der Waals surface area contributed by atoms with Gasteiger partial charge in [-0.3, -0.25) is 0 Å². The van der Waals surface area contributed by atoms with E-state index < -0.39 is 0 Å². The maximum absolute atomic E-state index is 5.90. The molecule has 0 saturated carbocycles. The third-order valence-electron chi connectivity index (χ3n) is 3.42. The number of nitrogens with zero attached hydrogens (tertiary/aromatic N) is 2. The molecule has 1 N–H and O–H groups in total. The molecule has 0 radical (unpaired) electrons. The van der Waals surface area contributed by atoms with Crippen LogP contribution < -0.4 is 5.32 Å². The van der Waals surface area contributed by atoms with E-state index in [-0.39, 0.29) is 0 Å². The second kappa shape index (κ2) is 7.05. The number of para-hydroxylation sites is 1. The summed E-state index contributed by atoms with van der Waals surface area (Å²) in [4.78, 5) is 6.82. The highest BCUT2D eigenvalue weighted by Crippen LogP contribution is 2.30. The Morgan fingerprint density at radius 3 is 2.86 bits per heavy atom. The van der Waals surface area contributed by atoms with Gasteiger partial charge in [0.15, 0.2) is 10.8 Å². The predicted octanol–water partition coefficient (Wildman–Crippen LogP) is 3.60.